The van der Waals surface area contributed by atoms with Crippen molar-refractivity contribution >= 4 is 22.6 Å². The minimum atomic E-state index is 0.450. The number of aromatic nitrogens is 3. The molecule has 0 saturated carbocycles. The lowest BCUT2D eigenvalue weighted by molar-refractivity contribution is 0.542. The molecule has 0 saturated heterocycles. The number of benzene rings is 2. The van der Waals surface area contributed by atoms with Crippen LogP contribution in [0.4, 0.5) is 0 Å². The van der Waals surface area contributed by atoms with Gasteiger partial charge in [0.2, 0.25) is 11.8 Å². The van der Waals surface area contributed by atoms with E-state index in [0.29, 0.717) is 23.6 Å². The van der Waals surface area contributed by atoms with Crippen LogP contribution in [0.1, 0.15) is 63.1 Å². The molecule has 0 spiro atoms. The summed E-state index contributed by atoms with van der Waals surface area (Å²) in [4.78, 5) is 0. The molecule has 0 bridgehead atoms. The van der Waals surface area contributed by atoms with Gasteiger partial charge >= 0.3 is 0 Å². The van der Waals surface area contributed by atoms with E-state index in [2.05, 4.69) is 108 Å². The molecule has 0 aliphatic heterocycles. The predicted molar refractivity (Wildman–Crippen MR) is 139 cm³/mol. The van der Waals surface area contributed by atoms with Gasteiger partial charge in [-0.1, -0.05) is 69.3 Å². The fourth-order valence-electron chi connectivity index (χ4n) is 5.02. The lowest BCUT2D eigenvalue weighted by Gasteiger charge is -2.19. The Bertz CT molecular complexity index is 1480. The van der Waals surface area contributed by atoms with Crippen molar-refractivity contribution in [2.24, 2.45) is 5.92 Å². The Morgan fingerprint density at radius 3 is 2.82 bits per heavy atom. The maximum absolute atomic E-state index is 6.22. The molecule has 4 nitrogen and oxygen atoms in total. The van der Waals surface area contributed by atoms with Crippen LogP contribution >= 0.6 is 0 Å². The van der Waals surface area contributed by atoms with Gasteiger partial charge in [-0.2, -0.15) is 0 Å². The van der Waals surface area contributed by atoms with E-state index in [9.17, 15) is 0 Å². The van der Waals surface area contributed by atoms with E-state index in [4.69, 9.17) is 4.42 Å². The van der Waals surface area contributed by atoms with E-state index in [-0.39, 0.29) is 0 Å². The quantitative estimate of drug-likeness (QED) is 0.301. The van der Waals surface area contributed by atoms with Crippen molar-refractivity contribution in [2.45, 2.75) is 46.0 Å². The maximum Gasteiger partial charge on any atom is 0.248 e. The summed E-state index contributed by atoms with van der Waals surface area (Å²) in [5, 5.41) is 10.2. The zero-order valence-corrected chi connectivity index (χ0v) is 20.0. The monoisotopic (exact) mass is 447 g/mol. The summed E-state index contributed by atoms with van der Waals surface area (Å²) in [7, 11) is 0. The van der Waals surface area contributed by atoms with Crippen molar-refractivity contribution in [1.29, 1.82) is 0 Å². The number of rotatable bonds is 6. The minimum Gasteiger partial charge on any atom is -0.416 e. The van der Waals surface area contributed by atoms with Crippen LogP contribution in [-0.4, -0.2) is 14.8 Å². The second-order valence-electron chi connectivity index (χ2n) is 9.90. The third-order valence-electron chi connectivity index (χ3n) is 6.67. The van der Waals surface area contributed by atoms with E-state index in [1.807, 2.05) is 0 Å². The molecule has 0 fully saturated rings. The molecule has 2 aliphatic carbocycles. The molecule has 1 atom stereocenters. The molecule has 0 N–H and O–H groups in total. The first-order valence-electron chi connectivity index (χ1n) is 12.2. The summed E-state index contributed by atoms with van der Waals surface area (Å²) < 4.78 is 8.62. The normalized spacial score (nSPS) is 17.4. The van der Waals surface area contributed by atoms with Crippen LogP contribution < -0.4 is 0 Å². The maximum atomic E-state index is 6.22. The number of allylic oxidation sites excluding steroid dienone is 5. The summed E-state index contributed by atoms with van der Waals surface area (Å²) in [5.74, 6) is 2.17. The molecule has 0 amide bonds. The van der Waals surface area contributed by atoms with Crippen molar-refractivity contribution in [1.82, 2.24) is 14.8 Å². The van der Waals surface area contributed by atoms with Crippen LogP contribution in [0.25, 0.3) is 39.7 Å². The zero-order chi connectivity index (χ0) is 23.2. The summed E-state index contributed by atoms with van der Waals surface area (Å²) >= 11 is 0. The molecule has 2 heterocycles. The van der Waals surface area contributed by atoms with Crippen molar-refractivity contribution in [3.63, 3.8) is 0 Å². The van der Waals surface area contributed by atoms with Gasteiger partial charge in [-0.15, -0.1) is 10.2 Å². The lowest BCUT2D eigenvalue weighted by atomic mass is 9.93. The largest absolute Gasteiger partial charge is 0.416 e. The average Bonchev–Trinajstić information content (AvgIpc) is 3.39. The van der Waals surface area contributed by atoms with E-state index < -0.39 is 0 Å². The van der Waals surface area contributed by atoms with Gasteiger partial charge < -0.3 is 8.98 Å². The van der Waals surface area contributed by atoms with Gasteiger partial charge in [0.1, 0.15) is 0 Å². The van der Waals surface area contributed by atoms with Crippen LogP contribution in [0.3, 0.4) is 0 Å². The fourth-order valence-corrected chi connectivity index (χ4v) is 5.02. The average molecular weight is 448 g/mol. The van der Waals surface area contributed by atoms with Gasteiger partial charge in [-0.25, -0.2) is 0 Å². The molecule has 4 heteroatoms. The van der Waals surface area contributed by atoms with Crippen molar-refractivity contribution < 1.29 is 4.42 Å². The van der Waals surface area contributed by atoms with Gasteiger partial charge in [-0.05, 0) is 55.0 Å². The minimum absolute atomic E-state index is 0.450. The summed E-state index contributed by atoms with van der Waals surface area (Å²) in [5.41, 5.74) is 8.47. The van der Waals surface area contributed by atoms with E-state index >= 15 is 0 Å². The van der Waals surface area contributed by atoms with E-state index in [1.165, 1.54) is 27.7 Å². The second kappa shape index (κ2) is 8.28. The smallest absolute Gasteiger partial charge is 0.248 e. The number of fused-ring (bicyclic) bond motifs is 3. The molecule has 0 radical (unpaired) electrons. The van der Waals surface area contributed by atoms with Crippen LogP contribution in [-0.2, 0) is 0 Å². The third-order valence-corrected chi connectivity index (χ3v) is 6.67. The van der Waals surface area contributed by atoms with Gasteiger partial charge in [0.25, 0.3) is 0 Å². The van der Waals surface area contributed by atoms with Crippen molar-refractivity contribution in [3.8, 4) is 17.1 Å². The molecule has 1 unspecified atom stereocenters. The van der Waals surface area contributed by atoms with Gasteiger partial charge in [-0.3, -0.25) is 0 Å². The van der Waals surface area contributed by atoms with Crippen LogP contribution in [0.5, 0.6) is 0 Å². The first-order valence-corrected chi connectivity index (χ1v) is 12.2. The summed E-state index contributed by atoms with van der Waals surface area (Å²) in [6, 6.07) is 17.1. The standard InChI is InChI=1S/C30H29N3O/c1-19(2)16-23(17-21-14-15-21)30-32-31-29(34-30)22-9-7-10-24(18-22)33-27-13-5-4-11-25(27)26-12-6-8-20(3)28(26)33/h4-7,9-14,17-20H,8,15-16H2,1-3H3/b23-17+. The fraction of sp³-hybridized carbons (Fsp3) is 0.267. The van der Waals surface area contributed by atoms with Crippen LogP contribution in [0.2, 0.25) is 0 Å². The Morgan fingerprint density at radius 2 is 2.00 bits per heavy atom. The zero-order valence-electron chi connectivity index (χ0n) is 20.0. The molecule has 2 aromatic heterocycles. The van der Waals surface area contributed by atoms with Gasteiger partial charge in [0.15, 0.2) is 0 Å². The highest BCUT2D eigenvalue weighted by Gasteiger charge is 2.23. The van der Waals surface area contributed by atoms with Crippen LogP contribution in [0, 0.1) is 5.92 Å². The van der Waals surface area contributed by atoms with E-state index in [1.54, 1.807) is 0 Å². The summed E-state index contributed by atoms with van der Waals surface area (Å²) in [6.45, 7) is 6.74. The number of nitrogens with zero attached hydrogens (tertiary/aromatic N) is 3. The Balaban J connectivity index is 1.43. The molecule has 34 heavy (non-hydrogen) atoms. The molecule has 2 aromatic carbocycles. The van der Waals surface area contributed by atoms with Crippen molar-refractivity contribution in [2.75, 3.05) is 0 Å². The second-order valence-corrected chi connectivity index (χ2v) is 9.90. The number of para-hydroxylation sites is 1. The Morgan fingerprint density at radius 1 is 1.15 bits per heavy atom. The third kappa shape index (κ3) is 3.73. The SMILES string of the molecule is CC(C)C/C(=C\C1=CC1)c1nnc(-c2cccc(-n3c4c(c5ccccc53)C=CCC4C)c2)o1. The number of hydrogen-bond acceptors (Lipinski definition) is 3. The highest BCUT2D eigenvalue weighted by molar-refractivity contribution is 5.93. The molecule has 170 valence electrons. The molecule has 6 rings (SSSR count). The topological polar surface area (TPSA) is 43.9 Å². The van der Waals surface area contributed by atoms with E-state index in [0.717, 1.165) is 36.1 Å². The molecular formula is C30H29N3O. The van der Waals surface area contributed by atoms with Crippen molar-refractivity contribution in [3.05, 3.63) is 89.5 Å². The Hall–Kier alpha value is -3.66. The molecule has 4 aromatic rings. The summed E-state index contributed by atoms with van der Waals surface area (Å²) in [6.07, 6.45) is 12.0. The van der Waals surface area contributed by atoms with Gasteiger partial charge in [0, 0.05) is 39.4 Å². The molecule has 2 aliphatic rings. The highest BCUT2D eigenvalue weighted by Crippen LogP contribution is 2.39. The first kappa shape index (κ1) is 20.9. The Kier molecular flexibility index (Phi) is 5.09. The Labute approximate surface area is 200 Å². The highest BCUT2D eigenvalue weighted by atomic mass is 16.4. The van der Waals surface area contributed by atoms with Gasteiger partial charge in [0.05, 0.1) is 5.52 Å². The lowest BCUT2D eigenvalue weighted by Crippen LogP contribution is -2.07. The van der Waals surface area contributed by atoms with Crippen LogP contribution in [0.15, 0.2) is 76.7 Å². The predicted octanol–water partition coefficient (Wildman–Crippen LogP) is 7.96. The molecular weight excluding hydrogens is 418 g/mol. The number of hydrogen-bond donors (Lipinski definition) is 0. The first-order chi connectivity index (χ1) is 16.6.